The fourth-order valence-corrected chi connectivity index (χ4v) is 1.87. The van der Waals surface area contributed by atoms with Gasteiger partial charge in [-0.1, -0.05) is 0 Å². The Balaban J connectivity index is 2.56. The van der Waals surface area contributed by atoms with Crippen LogP contribution in [0.15, 0.2) is 18.2 Å². The topological polar surface area (TPSA) is 113 Å². The van der Waals surface area contributed by atoms with Gasteiger partial charge in [0.1, 0.15) is 23.9 Å². The number of amides is 2. The fourth-order valence-electron chi connectivity index (χ4n) is 1.87. The second-order valence-corrected chi connectivity index (χ2v) is 6.41. The standard InChI is InChI=1S/C17H25FN4O4/c1-17(2,3)26-16(24)21-8-7-20-13-9-11(5-6-12(13)18)15(19)22-14(23)10-25-4/h5-6,9,20H,7-8,10H2,1-4H3,(H,21,24)(H2,19,22,23). The summed E-state index contributed by atoms with van der Waals surface area (Å²) in [5, 5.41) is 15.6. The van der Waals surface area contributed by atoms with Crippen molar-refractivity contribution >= 4 is 23.5 Å². The number of hydrogen-bond donors (Lipinski definition) is 4. The number of carbonyl (C=O) groups excluding carboxylic acids is 2. The largest absolute Gasteiger partial charge is 0.444 e. The molecule has 0 unspecified atom stereocenters. The zero-order chi connectivity index (χ0) is 19.7. The molecule has 0 aromatic heterocycles. The number of benzene rings is 1. The Morgan fingerprint density at radius 1 is 1.23 bits per heavy atom. The zero-order valence-corrected chi connectivity index (χ0v) is 15.4. The molecule has 1 aromatic carbocycles. The number of hydrogen-bond acceptors (Lipinski definition) is 6. The van der Waals surface area contributed by atoms with Crippen molar-refractivity contribution in [3.05, 3.63) is 29.6 Å². The average molecular weight is 368 g/mol. The van der Waals surface area contributed by atoms with Crippen LogP contribution in [-0.4, -0.2) is 50.2 Å². The number of carbonyl (C=O) groups is 2. The summed E-state index contributed by atoms with van der Waals surface area (Å²) in [7, 11) is 1.37. The number of anilines is 1. The van der Waals surface area contributed by atoms with E-state index in [0.29, 0.717) is 5.56 Å². The molecule has 0 aliphatic carbocycles. The predicted molar refractivity (Wildman–Crippen MR) is 96.0 cm³/mol. The Bertz CT molecular complexity index is 659. The number of amidine groups is 1. The molecule has 1 aromatic rings. The van der Waals surface area contributed by atoms with E-state index in [4.69, 9.17) is 10.1 Å². The lowest BCUT2D eigenvalue weighted by Crippen LogP contribution is -2.35. The van der Waals surface area contributed by atoms with Crippen LogP contribution < -0.4 is 16.0 Å². The van der Waals surface area contributed by atoms with E-state index in [-0.39, 0.29) is 31.2 Å². The van der Waals surface area contributed by atoms with Gasteiger partial charge in [0.05, 0.1) is 5.69 Å². The molecule has 144 valence electrons. The molecule has 0 bridgehead atoms. The van der Waals surface area contributed by atoms with Crippen LogP contribution in [-0.2, 0) is 14.3 Å². The normalized spacial score (nSPS) is 10.8. The van der Waals surface area contributed by atoms with E-state index >= 15 is 0 Å². The molecule has 9 heteroatoms. The quantitative estimate of drug-likeness (QED) is 0.333. The first-order valence-electron chi connectivity index (χ1n) is 8.00. The third kappa shape index (κ3) is 7.93. The van der Waals surface area contributed by atoms with Crippen molar-refractivity contribution in [2.75, 3.05) is 32.1 Å². The molecule has 26 heavy (non-hydrogen) atoms. The van der Waals surface area contributed by atoms with Crippen LogP contribution in [0.3, 0.4) is 0 Å². The summed E-state index contributed by atoms with van der Waals surface area (Å²) in [6.45, 7) is 5.57. The first-order valence-corrected chi connectivity index (χ1v) is 8.00. The first-order chi connectivity index (χ1) is 12.1. The third-order valence-electron chi connectivity index (χ3n) is 2.90. The van der Waals surface area contributed by atoms with Gasteiger partial charge in [0.25, 0.3) is 5.91 Å². The Morgan fingerprint density at radius 3 is 2.54 bits per heavy atom. The minimum Gasteiger partial charge on any atom is -0.444 e. The minimum absolute atomic E-state index is 0.152. The Kier molecular flexibility index (Phi) is 7.98. The first kappa shape index (κ1) is 21.4. The van der Waals surface area contributed by atoms with Crippen LogP contribution in [0.25, 0.3) is 0 Å². The summed E-state index contributed by atoms with van der Waals surface area (Å²) >= 11 is 0. The van der Waals surface area contributed by atoms with Gasteiger partial charge in [-0.05, 0) is 39.0 Å². The minimum atomic E-state index is -0.592. The van der Waals surface area contributed by atoms with Gasteiger partial charge in [-0.3, -0.25) is 10.2 Å². The highest BCUT2D eigenvalue weighted by Gasteiger charge is 2.15. The molecule has 0 aliphatic rings. The van der Waals surface area contributed by atoms with E-state index in [1.807, 2.05) is 0 Å². The number of halogens is 1. The Morgan fingerprint density at radius 2 is 1.92 bits per heavy atom. The van der Waals surface area contributed by atoms with E-state index in [1.165, 1.54) is 25.3 Å². The van der Waals surface area contributed by atoms with Crippen LogP contribution in [0.5, 0.6) is 0 Å². The fraction of sp³-hybridized carbons (Fsp3) is 0.471. The van der Waals surface area contributed by atoms with Gasteiger partial charge in [0.2, 0.25) is 0 Å². The van der Waals surface area contributed by atoms with Gasteiger partial charge in [-0.15, -0.1) is 0 Å². The highest BCUT2D eigenvalue weighted by atomic mass is 19.1. The molecule has 8 nitrogen and oxygen atoms in total. The molecule has 0 fully saturated rings. The van der Waals surface area contributed by atoms with E-state index in [9.17, 15) is 14.0 Å². The number of alkyl carbamates (subject to hydrolysis) is 1. The Labute approximate surface area is 151 Å². The van der Waals surface area contributed by atoms with Crippen molar-refractivity contribution in [3.8, 4) is 0 Å². The highest BCUT2D eigenvalue weighted by Crippen LogP contribution is 2.16. The van der Waals surface area contributed by atoms with Crippen molar-refractivity contribution in [2.45, 2.75) is 26.4 Å². The lowest BCUT2D eigenvalue weighted by Gasteiger charge is -2.19. The maximum atomic E-state index is 13.9. The van der Waals surface area contributed by atoms with Crippen LogP contribution in [0.1, 0.15) is 26.3 Å². The zero-order valence-electron chi connectivity index (χ0n) is 15.4. The summed E-state index contributed by atoms with van der Waals surface area (Å²) in [6, 6.07) is 3.98. The van der Waals surface area contributed by atoms with Crippen molar-refractivity contribution in [3.63, 3.8) is 0 Å². The highest BCUT2D eigenvalue weighted by molar-refractivity contribution is 6.06. The monoisotopic (exact) mass is 368 g/mol. The van der Waals surface area contributed by atoms with Gasteiger partial charge in [0.15, 0.2) is 0 Å². The smallest absolute Gasteiger partial charge is 0.407 e. The maximum Gasteiger partial charge on any atom is 0.407 e. The molecule has 0 saturated carbocycles. The van der Waals surface area contributed by atoms with Crippen LogP contribution >= 0.6 is 0 Å². The SMILES string of the molecule is COCC(=O)NC(=N)c1ccc(F)c(NCCNC(=O)OC(C)(C)C)c1. The second kappa shape index (κ2) is 9.71. The third-order valence-corrected chi connectivity index (χ3v) is 2.90. The van der Waals surface area contributed by atoms with E-state index < -0.39 is 23.4 Å². The van der Waals surface area contributed by atoms with Gasteiger partial charge >= 0.3 is 6.09 Å². The van der Waals surface area contributed by atoms with Crippen molar-refractivity contribution in [1.82, 2.24) is 10.6 Å². The van der Waals surface area contributed by atoms with Crippen LogP contribution in [0.4, 0.5) is 14.9 Å². The molecule has 0 heterocycles. The number of methoxy groups -OCH3 is 1. The van der Waals surface area contributed by atoms with Crippen LogP contribution in [0.2, 0.25) is 0 Å². The van der Waals surface area contributed by atoms with Crippen molar-refractivity contribution in [1.29, 1.82) is 5.41 Å². The molecule has 0 atom stereocenters. The van der Waals surface area contributed by atoms with Gasteiger partial charge in [0, 0.05) is 25.8 Å². The summed E-state index contributed by atoms with van der Waals surface area (Å²) in [4.78, 5) is 23.0. The molecule has 0 radical (unpaired) electrons. The molecule has 0 aliphatic heterocycles. The average Bonchev–Trinajstić information content (AvgIpc) is 2.51. The van der Waals surface area contributed by atoms with Crippen molar-refractivity contribution in [2.24, 2.45) is 0 Å². The molecule has 2 amide bonds. The predicted octanol–water partition coefficient (Wildman–Crippen LogP) is 1.85. The summed E-state index contributed by atoms with van der Waals surface area (Å²) in [5.41, 5.74) is -0.108. The molecule has 0 spiro atoms. The summed E-state index contributed by atoms with van der Waals surface area (Å²) < 4.78 is 23.6. The molecular formula is C17H25FN4O4. The van der Waals surface area contributed by atoms with Gasteiger partial charge < -0.3 is 25.4 Å². The summed E-state index contributed by atoms with van der Waals surface area (Å²) in [5.74, 6) is -1.15. The van der Waals surface area contributed by atoms with E-state index in [1.54, 1.807) is 20.8 Å². The lowest BCUT2D eigenvalue weighted by molar-refractivity contribution is -0.123. The molecule has 1 rings (SSSR count). The van der Waals surface area contributed by atoms with Gasteiger partial charge in [-0.2, -0.15) is 0 Å². The van der Waals surface area contributed by atoms with Gasteiger partial charge in [-0.25, -0.2) is 9.18 Å². The molecule has 4 N–H and O–H groups in total. The second-order valence-electron chi connectivity index (χ2n) is 6.41. The summed E-state index contributed by atoms with van der Waals surface area (Å²) in [6.07, 6.45) is -0.559. The lowest BCUT2D eigenvalue weighted by atomic mass is 10.1. The van der Waals surface area contributed by atoms with Crippen LogP contribution in [0, 0.1) is 11.2 Å². The molecular weight excluding hydrogens is 343 g/mol. The van der Waals surface area contributed by atoms with E-state index in [2.05, 4.69) is 20.7 Å². The van der Waals surface area contributed by atoms with Crippen molar-refractivity contribution < 1.29 is 23.5 Å². The molecule has 0 saturated heterocycles. The Hall–Kier alpha value is -2.68. The van der Waals surface area contributed by atoms with E-state index in [0.717, 1.165) is 0 Å². The number of nitrogens with one attached hydrogen (secondary N) is 4. The number of rotatable bonds is 7. The maximum absolute atomic E-state index is 13.9. The number of ether oxygens (including phenoxy) is 2.